The number of aryl methyl sites for hydroxylation is 1. The molecule has 1 aliphatic rings. The molecule has 0 spiro atoms. The minimum Gasteiger partial charge on any atom is -0.293 e. The summed E-state index contributed by atoms with van der Waals surface area (Å²) in [6.07, 6.45) is 4.75. The highest BCUT2D eigenvalue weighted by Crippen LogP contribution is 2.26. The maximum absolute atomic E-state index is 10.6. The zero-order valence-electron chi connectivity index (χ0n) is 9.01. The van der Waals surface area contributed by atoms with Crippen LogP contribution in [0.2, 0.25) is 0 Å². The van der Waals surface area contributed by atoms with Gasteiger partial charge >= 0.3 is 0 Å². The van der Waals surface area contributed by atoms with Crippen LogP contribution in [0, 0.1) is 17.0 Å². The second-order valence-corrected chi connectivity index (χ2v) is 3.74. The van der Waals surface area contributed by atoms with E-state index in [1.807, 2.05) is 19.2 Å². The van der Waals surface area contributed by atoms with Gasteiger partial charge in [-0.15, -0.1) is 0 Å². The van der Waals surface area contributed by atoms with Crippen molar-refractivity contribution in [2.45, 2.75) is 13.3 Å². The van der Waals surface area contributed by atoms with Crippen LogP contribution >= 0.6 is 0 Å². The SMILES string of the molecule is Cc1cc([N+](=O)[O-])ccc1C1=CCN=CC1. The Bertz CT molecular complexity index is 490. The summed E-state index contributed by atoms with van der Waals surface area (Å²) >= 11 is 0. The molecule has 1 aromatic rings. The minimum absolute atomic E-state index is 0.145. The molecule has 0 saturated heterocycles. The maximum atomic E-state index is 10.6. The van der Waals surface area contributed by atoms with Crippen molar-refractivity contribution in [3.05, 3.63) is 45.5 Å². The monoisotopic (exact) mass is 216 g/mol. The van der Waals surface area contributed by atoms with Crippen molar-refractivity contribution in [2.75, 3.05) is 6.54 Å². The van der Waals surface area contributed by atoms with Crippen LogP contribution in [-0.2, 0) is 0 Å². The van der Waals surface area contributed by atoms with Gasteiger partial charge in [0.1, 0.15) is 0 Å². The van der Waals surface area contributed by atoms with E-state index in [0.717, 1.165) is 17.5 Å². The van der Waals surface area contributed by atoms with Crippen LogP contribution in [0.25, 0.3) is 5.57 Å². The Hall–Kier alpha value is -1.97. The lowest BCUT2D eigenvalue weighted by Crippen LogP contribution is -1.97. The fourth-order valence-corrected chi connectivity index (χ4v) is 1.83. The molecule has 0 radical (unpaired) electrons. The zero-order chi connectivity index (χ0) is 11.5. The number of benzene rings is 1. The Morgan fingerprint density at radius 3 is 2.81 bits per heavy atom. The lowest BCUT2D eigenvalue weighted by atomic mass is 9.97. The summed E-state index contributed by atoms with van der Waals surface area (Å²) in [7, 11) is 0. The van der Waals surface area contributed by atoms with Crippen LogP contribution in [0.4, 0.5) is 5.69 Å². The predicted molar refractivity (Wildman–Crippen MR) is 63.8 cm³/mol. The summed E-state index contributed by atoms with van der Waals surface area (Å²) in [5.41, 5.74) is 3.36. The third kappa shape index (κ3) is 2.00. The smallest absolute Gasteiger partial charge is 0.269 e. The number of allylic oxidation sites excluding steroid dienone is 1. The van der Waals surface area contributed by atoms with E-state index in [4.69, 9.17) is 0 Å². The summed E-state index contributed by atoms with van der Waals surface area (Å²) in [6, 6.07) is 4.98. The predicted octanol–water partition coefficient (Wildman–Crippen LogP) is 2.76. The number of non-ortho nitro benzene ring substituents is 1. The van der Waals surface area contributed by atoms with Crippen LogP contribution in [0.15, 0.2) is 29.3 Å². The molecule has 82 valence electrons. The van der Waals surface area contributed by atoms with Gasteiger partial charge in [-0.3, -0.25) is 15.1 Å². The van der Waals surface area contributed by atoms with E-state index in [2.05, 4.69) is 11.1 Å². The molecule has 0 N–H and O–H groups in total. The van der Waals surface area contributed by atoms with E-state index in [9.17, 15) is 10.1 Å². The Balaban J connectivity index is 2.36. The molecule has 2 rings (SSSR count). The normalized spacial score (nSPS) is 14.7. The van der Waals surface area contributed by atoms with Crippen LogP contribution in [-0.4, -0.2) is 17.7 Å². The first kappa shape index (κ1) is 10.5. The van der Waals surface area contributed by atoms with E-state index in [1.165, 1.54) is 5.57 Å². The first-order chi connectivity index (χ1) is 7.68. The van der Waals surface area contributed by atoms with Gasteiger partial charge in [-0.2, -0.15) is 0 Å². The average molecular weight is 216 g/mol. The van der Waals surface area contributed by atoms with Crippen LogP contribution in [0.5, 0.6) is 0 Å². The van der Waals surface area contributed by atoms with Gasteiger partial charge in [-0.25, -0.2) is 0 Å². The van der Waals surface area contributed by atoms with Crippen molar-refractivity contribution in [3.63, 3.8) is 0 Å². The second-order valence-electron chi connectivity index (χ2n) is 3.74. The fraction of sp³-hybridized carbons (Fsp3) is 0.250. The van der Waals surface area contributed by atoms with Crippen molar-refractivity contribution < 1.29 is 4.92 Å². The van der Waals surface area contributed by atoms with Crippen molar-refractivity contribution >= 4 is 17.5 Å². The maximum Gasteiger partial charge on any atom is 0.269 e. The highest BCUT2D eigenvalue weighted by atomic mass is 16.6. The highest BCUT2D eigenvalue weighted by Gasteiger charge is 2.11. The zero-order valence-corrected chi connectivity index (χ0v) is 9.01. The van der Waals surface area contributed by atoms with Gasteiger partial charge in [0.15, 0.2) is 0 Å². The number of nitro benzene ring substituents is 1. The van der Waals surface area contributed by atoms with E-state index < -0.39 is 0 Å². The van der Waals surface area contributed by atoms with E-state index in [1.54, 1.807) is 12.1 Å². The second kappa shape index (κ2) is 4.26. The van der Waals surface area contributed by atoms with Gasteiger partial charge in [0.2, 0.25) is 0 Å². The number of nitrogens with zero attached hydrogens (tertiary/aromatic N) is 2. The number of hydrogen-bond donors (Lipinski definition) is 0. The third-order valence-corrected chi connectivity index (χ3v) is 2.65. The molecule has 0 fully saturated rings. The Kier molecular flexibility index (Phi) is 2.81. The molecule has 4 nitrogen and oxygen atoms in total. The topological polar surface area (TPSA) is 55.5 Å². The highest BCUT2D eigenvalue weighted by molar-refractivity contribution is 5.82. The van der Waals surface area contributed by atoms with Crippen molar-refractivity contribution in [2.24, 2.45) is 4.99 Å². The fourth-order valence-electron chi connectivity index (χ4n) is 1.83. The molecule has 0 atom stereocenters. The molecule has 0 aliphatic carbocycles. The summed E-state index contributed by atoms with van der Waals surface area (Å²) in [4.78, 5) is 14.4. The number of rotatable bonds is 2. The first-order valence-electron chi connectivity index (χ1n) is 5.11. The Morgan fingerprint density at radius 1 is 1.44 bits per heavy atom. The average Bonchev–Trinajstić information content (AvgIpc) is 2.30. The molecule has 0 amide bonds. The van der Waals surface area contributed by atoms with Crippen molar-refractivity contribution in [1.29, 1.82) is 0 Å². The molecule has 16 heavy (non-hydrogen) atoms. The van der Waals surface area contributed by atoms with Gasteiger partial charge in [0.25, 0.3) is 5.69 Å². The molecule has 0 unspecified atom stereocenters. The van der Waals surface area contributed by atoms with Crippen molar-refractivity contribution in [1.82, 2.24) is 0 Å². The summed E-state index contributed by atoms with van der Waals surface area (Å²) in [5, 5.41) is 10.6. The van der Waals surface area contributed by atoms with Crippen molar-refractivity contribution in [3.8, 4) is 0 Å². The molecule has 1 aromatic carbocycles. The van der Waals surface area contributed by atoms with Gasteiger partial charge in [0, 0.05) is 24.8 Å². The minimum atomic E-state index is -0.368. The molecule has 4 heteroatoms. The molecule has 0 bridgehead atoms. The summed E-state index contributed by atoms with van der Waals surface area (Å²) < 4.78 is 0. The molecule has 1 aliphatic heterocycles. The Labute approximate surface area is 93.5 Å². The van der Waals surface area contributed by atoms with Gasteiger partial charge in [-0.1, -0.05) is 6.08 Å². The molecule has 0 aromatic heterocycles. The van der Waals surface area contributed by atoms with Crippen LogP contribution in [0.3, 0.4) is 0 Å². The number of dihydropyridines is 1. The van der Waals surface area contributed by atoms with Crippen LogP contribution < -0.4 is 0 Å². The summed E-state index contributed by atoms with van der Waals surface area (Å²) in [6.45, 7) is 2.60. The third-order valence-electron chi connectivity index (χ3n) is 2.65. The van der Waals surface area contributed by atoms with Gasteiger partial charge in [-0.05, 0) is 29.7 Å². The van der Waals surface area contributed by atoms with E-state index >= 15 is 0 Å². The van der Waals surface area contributed by atoms with E-state index in [-0.39, 0.29) is 10.6 Å². The van der Waals surface area contributed by atoms with Gasteiger partial charge in [0.05, 0.1) is 11.5 Å². The molecule has 0 saturated carbocycles. The largest absolute Gasteiger partial charge is 0.293 e. The number of nitro groups is 1. The van der Waals surface area contributed by atoms with Gasteiger partial charge < -0.3 is 0 Å². The van der Waals surface area contributed by atoms with Crippen LogP contribution in [0.1, 0.15) is 17.5 Å². The summed E-state index contributed by atoms with van der Waals surface area (Å²) in [5.74, 6) is 0. The standard InChI is InChI=1S/C12H12N2O2/c1-9-8-11(14(15)16)2-3-12(9)10-4-6-13-7-5-10/h2-4,7-8H,5-6H2,1H3. The lowest BCUT2D eigenvalue weighted by molar-refractivity contribution is -0.384. The number of aliphatic imine (C=N–C) groups is 1. The molecular weight excluding hydrogens is 204 g/mol. The quantitative estimate of drug-likeness (QED) is 0.563. The molecular formula is C12H12N2O2. The molecule has 1 heterocycles. The van der Waals surface area contributed by atoms with E-state index in [0.29, 0.717) is 6.54 Å². The Morgan fingerprint density at radius 2 is 2.25 bits per heavy atom. The number of hydrogen-bond acceptors (Lipinski definition) is 3. The first-order valence-corrected chi connectivity index (χ1v) is 5.11. The lowest BCUT2D eigenvalue weighted by Gasteiger charge is -2.10.